The van der Waals surface area contributed by atoms with Gasteiger partial charge in [-0.25, -0.2) is 4.79 Å². The summed E-state index contributed by atoms with van der Waals surface area (Å²) in [6.07, 6.45) is 15.1. The average Bonchev–Trinajstić information content (AvgIpc) is 2.90. The lowest BCUT2D eigenvalue weighted by Gasteiger charge is -2.30. The minimum Gasteiger partial charge on any atom is -0.481 e. The third-order valence-corrected chi connectivity index (χ3v) is 7.42. The van der Waals surface area contributed by atoms with Gasteiger partial charge in [-0.15, -0.1) is 0 Å². The summed E-state index contributed by atoms with van der Waals surface area (Å²) in [7, 11) is 1.58. The molecule has 2 aromatic carbocycles. The van der Waals surface area contributed by atoms with E-state index in [1.807, 2.05) is 49.4 Å². The van der Waals surface area contributed by atoms with Crippen molar-refractivity contribution < 1.29 is 24.2 Å². The molecular formula is C32H48O5. The quantitative estimate of drug-likeness (QED) is 0.142. The second-order valence-electron chi connectivity index (χ2n) is 10.4. The first-order valence-corrected chi connectivity index (χ1v) is 14.4. The van der Waals surface area contributed by atoms with Crippen LogP contribution in [-0.4, -0.2) is 30.3 Å². The minimum absolute atomic E-state index is 0.0928. The number of carbonyl (C=O) groups is 2. The summed E-state index contributed by atoms with van der Waals surface area (Å²) in [4.78, 5) is 24.1. The molecule has 5 heteroatoms. The van der Waals surface area contributed by atoms with Gasteiger partial charge in [0.15, 0.2) is 5.60 Å². The predicted molar refractivity (Wildman–Crippen MR) is 151 cm³/mol. The van der Waals surface area contributed by atoms with E-state index in [2.05, 4.69) is 6.92 Å². The van der Waals surface area contributed by atoms with Crippen LogP contribution in [0.4, 0.5) is 0 Å². The van der Waals surface area contributed by atoms with Crippen molar-refractivity contribution in [3.63, 3.8) is 0 Å². The van der Waals surface area contributed by atoms with E-state index in [0.717, 1.165) is 80.5 Å². The van der Waals surface area contributed by atoms with Crippen molar-refractivity contribution in [1.29, 1.82) is 0 Å². The monoisotopic (exact) mass is 512 g/mol. The van der Waals surface area contributed by atoms with Crippen molar-refractivity contribution in [2.24, 2.45) is 0 Å². The molecule has 0 aliphatic heterocycles. The molecule has 5 nitrogen and oxygen atoms in total. The third kappa shape index (κ3) is 10.5. The Bertz CT molecular complexity index is 934. The normalized spacial score (nSPS) is 13.8. The smallest absolute Gasteiger partial charge is 0.343 e. The fourth-order valence-corrected chi connectivity index (χ4v) is 4.98. The molecule has 1 N–H and O–H groups in total. The van der Waals surface area contributed by atoms with Gasteiger partial charge in [-0.05, 0) is 49.8 Å². The molecule has 2 atom stereocenters. The Labute approximate surface area is 223 Å². The number of fused-ring (bicyclic) bond motifs is 1. The second kappa shape index (κ2) is 17.2. The molecule has 2 aromatic rings. The number of carboxylic acid groups (broad SMARTS) is 1. The highest BCUT2D eigenvalue weighted by Gasteiger charge is 2.39. The van der Waals surface area contributed by atoms with E-state index in [4.69, 9.17) is 14.6 Å². The summed E-state index contributed by atoms with van der Waals surface area (Å²) >= 11 is 0. The highest BCUT2D eigenvalue weighted by molar-refractivity contribution is 5.92. The highest BCUT2D eigenvalue weighted by Crippen LogP contribution is 2.33. The largest absolute Gasteiger partial charge is 0.481 e. The molecule has 0 amide bonds. The lowest BCUT2D eigenvalue weighted by molar-refractivity contribution is -0.174. The highest BCUT2D eigenvalue weighted by atomic mass is 16.6. The van der Waals surface area contributed by atoms with Crippen molar-refractivity contribution in [2.45, 2.75) is 122 Å². The zero-order chi connectivity index (χ0) is 26.9. The van der Waals surface area contributed by atoms with Crippen LogP contribution in [0.3, 0.4) is 0 Å². The van der Waals surface area contributed by atoms with Crippen LogP contribution in [0.2, 0.25) is 0 Å². The average molecular weight is 513 g/mol. The second-order valence-corrected chi connectivity index (χ2v) is 10.4. The van der Waals surface area contributed by atoms with Crippen molar-refractivity contribution in [1.82, 2.24) is 0 Å². The van der Waals surface area contributed by atoms with E-state index in [0.29, 0.717) is 0 Å². The Morgan fingerprint density at radius 1 is 0.811 bits per heavy atom. The standard InChI is InChI=1S/C32H48O5/c1-4-5-6-13-21-27(22-14-11-9-7-8-10-12-15-25-30(33)34)37-31(35)32(2,36-3)29-24-18-20-26-19-16-17-23-28(26)29/h16-20,23-24,27H,4-15,21-22,25H2,1-3H3,(H,33,34)/t27-,32-/m1/s1. The van der Waals surface area contributed by atoms with E-state index in [-0.39, 0.29) is 18.5 Å². The first kappa shape index (κ1) is 30.8. The molecule has 0 unspecified atom stereocenters. The van der Waals surface area contributed by atoms with Gasteiger partial charge in [-0.2, -0.15) is 0 Å². The van der Waals surface area contributed by atoms with E-state index in [1.165, 1.54) is 25.7 Å². The Kier molecular flexibility index (Phi) is 14.3. The van der Waals surface area contributed by atoms with Crippen LogP contribution in [-0.2, 0) is 24.7 Å². The number of hydrogen-bond donors (Lipinski definition) is 1. The Morgan fingerprint density at radius 3 is 2.00 bits per heavy atom. The first-order chi connectivity index (χ1) is 17.9. The van der Waals surface area contributed by atoms with Gasteiger partial charge in [0.05, 0.1) is 0 Å². The van der Waals surface area contributed by atoms with Gasteiger partial charge in [0.25, 0.3) is 0 Å². The van der Waals surface area contributed by atoms with Crippen LogP contribution in [0.5, 0.6) is 0 Å². The number of carboxylic acids is 1. The zero-order valence-electron chi connectivity index (χ0n) is 23.3. The van der Waals surface area contributed by atoms with E-state index >= 15 is 0 Å². The summed E-state index contributed by atoms with van der Waals surface area (Å²) in [5.41, 5.74) is -0.324. The van der Waals surface area contributed by atoms with Crippen molar-refractivity contribution >= 4 is 22.7 Å². The van der Waals surface area contributed by atoms with Crippen LogP contribution in [0, 0.1) is 0 Å². The molecule has 0 saturated heterocycles. The number of methoxy groups -OCH3 is 1. The van der Waals surface area contributed by atoms with Gasteiger partial charge < -0.3 is 14.6 Å². The number of aliphatic carboxylic acids is 1. The maximum Gasteiger partial charge on any atom is 0.343 e. The number of rotatable bonds is 20. The molecule has 0 bridgehead atoms. The zero-order valence-corrected chi connectivity index (χ0v) is 23.3. The molecule has 0 heterocycles. The topological polar surface area (TPSA) is 72.8 Å². The van der Waals surface area contributed by atoms with Crippen LogP contribution in [0.15, 0.2) is 42.5 Å². The first-order valence-electron chi connectivity index (χ1n) is 14.4. The Morgan fingerprint density at radius 2 is 1.38 bits per heavy atom. The minimum atomic E-state index is -1.16. The summed E-state index contributed by atoms with van der Waals surface area (Å²) in [6.45, 7) is 4.03. The number of benzene rings is 2. The Balaban J connectivity index is 1.91. The van der Waals surface area contributed by atoms with Gasteiger partial charge in [0.2, 0.25) is 0 Å². The molecule has 206 valence electrons. The van der Waals surface area contributed by atoms with Crippen LogP contribution in [0.25, 0.3) is 10.8 Å². The van der Waals surface area contributed by atoms with Gasteiger partial charge in [0, 0.05) is 19.1 Å². The van der Waals surface area contributed by atoms with E-state index < -0.39 is 11.6 Å². The Hall–Kier alpha value is -2.40. The number of hydrogen-bond acceptors (Lipinski definition) is 4. The summed E-state index contributed by atoms with van der Waals surface area (Å²) in [5, 5.41) is 10.8. The molecule has 0 saturated carbocycles. The number of carbonyl (C=O) groups excluding carboxylic acids is 1. The van der Waals surface area contributed by atoms with Gasteiger partial charge in [-0.1, -0.05) is 107 Å². The molecular weight excluding hydrogens is 464 g/mol. The predicted octanol–water partition coefficient (Wildman–Crippen LogP) is 8.57. The van der Waals surface area contributed by atoms with Crippen molar-refractivity contribution in [3.05, 3.63) is 48.0 Å². The fraction of sp³-hybridized carbons (Fsp3) is 0.625. The summed E-state index contributed by atoms with van der Waals surface area (Å²) in [5.74, 6) is -1.01. The maximum absolute atomic E-state index is 13.6. The van der Waals surface area contributed by atoms with Crippen LogP contribution >= 0.6 is 0 Å². The molecule has 0 aromatic heterocycles. The molecule has 0 fully saturated rings. The number of unbranched alkanes of at least 4 members (excludes halogenated alkanes) is 10. The van der Waals surface area contributed by atoms with Crippen molar-refractivity contribution in [3.8, 4) is 0 Å². The lowest BCUT2D eigenvalue weighted by Crippen LogP contribution is -2.38. The van der Waals surface area contributed by atoms with E-state index in [1.54, 1.807) is 7.11 Å². The SMILES string of the molecule is CCCCCC[C@H](CCCCCCCCCCC(=O)O)OC(=O)[C@](C)(OC)c1cccc2ccccc12. The van der Waals surface area contributed by atoms with Crippen molar-refractivity contribution in [2.75, 3.05) is 7.11 Å². The third-order valence-electron chi connectivity index (χ3n) is 7.42. The molecule has 2 rings (SSSR count). The number of ether oxygens (including phenoxy) is 2. The lowest BCUT2D eigenvalue weighted by atomic mass is 9.90. The summed E-state index contributed by atoms with van der Waals surface area (Å²) < 4.78 is 12.0. The van der Waals surface area contributed by atoms with Gasteiger partial charge >= 0.3 is 11.9 Å². The molecule has 0 spiro atoms. The van der Waals surface area contributed by atoms with Gasteiger partial charge in [0.1, 0.15) is 6.10 Å². The maximum atomic E-state index is 13.6. The van der Waals surface area contributed by atoms with Crippen LogP contribution < -0.4 is 0 Å². The fourth-order valence-electron chi connectivity index (χ4n) is 4.98. The van der Waals surface area contributed by atoms with Crippen LogP contribution in [0.1, 0.15) is 116 Å². The summed E-state index contributed by atoms with van der Waals surface area (Å²) in [6, 6.07) is 14.0. The molecule has 0 aliphatic carbocycles. The van der Waals surface area contributed by atoms with E-state index in [9.17, 15) is 9.59 Å². The number of esters is 1. The molecule has 0 aliphatic rings. The van der Waals surface area contributed by atoms with Gasteiger partial charge in [-0.3, -0.25) is 4.79 Å². The molecule has 0 radical (unpaired) electrons. The molecule has 37 heavy (non-hydrogen) atoms.